The van der Waals surface area contributed by atoms with Crippen LogP contribution in [0, 0.1) is 12.7 Å². The maximum absolute atomic E-state index is 12.9. The Balaban J connectivity index is 3.21. The molecule has 0 aliphatic heterocycles. The monoisotopic (exact) mass is 241 g/mol. The molecule has 0 aromatic heterocycles. The molecule has 0 fully saturated rings. The number of hydrogen-bond donors (Lipinski definition) is 1. The van der Waals surface area contributed by atoms with Crippen LogP contribution in [-0.4, -0.2) is 6.18 Å². The standard InChI is InChI=1S/C9H8ClF4N/c1-4-2-5(6(10)3-7(4)11)8(15)9(12,13)14/h2-3,8H,15H2,1H3. The molecule has 84 valence electrons. The Bertz CT molecular complexity index is 375. The maximum Gasteiger partial charge on any atom is 0.407 e. The lowest BCUT2D eigenvalue weighted by Crippen LogP contribution is -2.28. The molecule has 1 aromatic rings. The molecular formula is C9H8ClF4N. The first kappa shape index (κ1) is 12.3. The van der Waals surface area contributed by atoms with Crippen molar-refractivity contribution in [2.75, 3.05) is 0 Å². The second-order valence-electron chi connectivity index (χ2n) is 3.14. The van der Waals surface area contributed by atoms with Crippen LogP contribution in [0.5, 0.6) is 0 Å². The van der Waals surface area contributed by atoms with Crippen molar-refractivity contribution in [1.29, 1.82) is 0 Å². The minimum atomic E-state index is -4.59. The number of benzene rings is 1. The second kappa shape index (κ2) is 3.98. The summed E-state index contributed by atoms with van der Waals surface area (Å²) in [6.07, 6.45) is -4.59. The van der Waals surface area contributed by atoms with Crippen LogP contribution in [0.25, 0.3) is 0 Å². The molecule has 0 aliphatic rings. The van der Waals surface area contributed by atoms with Crippen LogP contribution in [0.2, 0.25) is 5.02 Å². The lowest BCUT2D eigenvalue weighted by Gasteiger charge is -2.17. The van der Waals surface area contributed by atoms with E-state index in [2.05, 4.69) is 0 Å². The minimum Gasteiger partial charge on any atom is -0.316 e. The first-order valence-corrected chi connectivity index (χ1v) is 4.39. The third-order valence-electron chi connectivity index (χ3n) is 1.97. The fourth-order valence-corrected chi connectivity index (χ4v) is 1.36. The lowest BCUT2D eigenvalue weighted by atomic mass is 10.0. The summed E-state index contributed by atoms with van der Waals surface area (Å²) >= 11 is 5.48. The predicted molar refractivity (Wildman–Crippen MR) is 49.1 cm³/mol. The first-order valence-electron chi connectivity index (χ1n) is 4.01. The maximum atomic E-state index is 12.9. The Kier molecular flexibility index (Phi) is 3.25. The van der Waals surface area contributed by atoms with Gasteiger partial charge in [-0.05, 0) is 30.2 Å². The second-order valence-corrected chi connectivity index (χ2v) is 3.55. The number of nitrogens with two attached hydrogens (primary N) is 1. The fourth-order valence-electron chi connectivity index (χ4n) is 1.09. The molecular weight excluding hydrogens is 234 g/mol. The molecule has 1 aromatic carbocycles. The van der Waals surface area contributed by atoms with E-state index in [0.29, 0.717) is 0 Å². The van der Waals surface area contributed by atoms with Crippen molar-refractivity contribution in [1.82, 2.24) is 0 Å². The summed E-state index contributed by atoms with van der Waals surface area (Å²) in [5, 5.41) is -0.317. The highest BCUT2D eigenvalue weighted by Gasteiger charge is 2.39. The SMILES string of the molecule is Cc1cc(C(N)C(F)(F)F)c(Cl)cc1F. The molecule has 1 rings (SSSR count). The lowest BCUT2D eigenvalue weighted by molar-refractivity contribution is -0.149. The highest BCUT2D eigenvalue weighted by molar-refractivity contribution is 6.31. The quantitative estimate of drug-likeness (QED) is 0.750. The van der Waals surface area contributed by atoms with Gasteiger partial charge >= 0.3 is 6.18 Å². The van der Waals surface area contributed by atoms with Gasteiger partial charge in [-0.1, -0.05) is 11.6 Å². The zero-order chi connectivity index (χ0) is 11.8. The third-order valence-corrected chi connectivity index (χ3v) is 2.29. The highest BCUT2D eigenvalue weighted by atomic mass is 35.5. The minimum absolute atomic E-state index is 0.0779. The van der Waals surface area contributed by atoms with Gasteiger partial charge in [-0.15, -0.1) is 0 Å². The molecule has 0 saturated carbocycles. The zero-order valence-electron chi connectivity index (χ0n) is 7.70. The van der Waals surface area contributed by atoms with Crippen molar-refractivity contribution in [3.63, 3.8) is 0 Å². The van der Waals surface area contributed by atoms with Crippen molar-refractivity contribution in [2.24, 2.45) is 5.73 Å². The summed E-state index contributed by atoms with van der Waals surface area (Å²) in [5.74, 6) is -0.655. The Morgan fingerprint density at radius 2 is 1.87 bits per heavy atom. The summed E-state index contributed by atoms with van der Waals surface area (Å²) in [5.41, 5.74) is 4.72. The van der Waals surface area contributed by atoms with E-state index in [1.807, 2.05) is 0 Å². The average molecular weight is 242 g/mol. The van der Waals surface area contributed by atoms with E-state index >= 15 is 0 Å². The van der Waals surface area contributed by atoms with E-state index in [9.17, 15) is 17.6 Å². The van der Waals surface area contributed by atoms with Gasteiger partial charge < -0.3 is 5.73 Å². The van der Waals surface area contributed by atoms with Crippen molar-refractivity contribution < 1.29 is 17.6 Å². The van der Waals surface area contributed by atoms with Gasteiger partial charge in [0.25, 0.3) is 0 Å². The normalized spacial score (nSPS) is 14.1. The van der Waals surface area contributed by atoms with E-state index in [-0.39, 0.29) is 16.1 Å². The van der Waals surface area contributed by atoms with Crippen LogP contribution in [0.4, 0.5) is 17.6 Å². The van der Waals surface area contributed by atoms with Gasteiger partial charge in [0, 0.05) is 5.02 Å². The predicted octanol–water partition coefficient (Wildman–Crippen LogP) is 3.35. The topological polar surface area (TPSA) is 26.0 Å². The molecule has 0 aliphatic carbocycles. The van der Waals surface area contributed by atoms with E-state index in [1.54, 1.807) is 0 Å². The summed E-state index contributed by atoms with van der Waals surface area (Å²) in [7, 11) is 0. The summed E-state index contributed by atoms with van der Waals surface area (Å²) in [4.78, 5) is 0. The van der Waals surface area contributed by atoms with Gasteiger partial charge in [-0.3, -0.25) is 0 Å². The smallest absolute Gasteiger partial charge is 0.316 e. The number of aryl methyl sites for hydroxylation is 1. The highest BCUT2D eigenvalue weighted by Crippen LogP contribution is 2.35. The zero-order valence-corrected chi connectivity index (χ0v) is 8.46. The third kappa shape index (κ3) is 2.60. The van der Waals surface area contributed by atoms with Gasteiger partial charge in [-0.25, -0.2) is 4.39 Å². The Hall–Kier alpha value is -0.810. The van der Waals surface area contributed by atoms with E-state index in [4.69, 9.17) is 17.3 Å². The van der Waals surface area contributed by atoms with Gasteiger partial charge in [0.1, 0.15) is 11.9 Å². The van der Waals surface area contributed by atoms with Crippen LogP contribution in [-0.2, 0) is 0 Å². The van der Waals surface area contributed by atoms with Gasteiger partial charge in [0.05, 0.1) is 0 Å². The number of halogens is 5. The van der Waals surface area contributed by atoms with Crippen LogP contribution in [0.3, 0.4) is 0 Å². The molecule has 15 heavy (non-hydrogen) atoms. The fraction of sp³-hybridized carbons (Fsp3) is 0.333. The molecule has 1 unspecified atom stereocenters. The Morgan fingerprint density at radius 1 is 1.33 bits per heavy atom. The van der Waals surface area contributed by atoms with E-state index in [1.165, 1.54) is 6.92 Å². The van der Waals surface area contributed by atoms with E-state index < -0.39 is 18.0 Å². The van der Waals surface area contributed by atoms with E-state index in [0.717, 1.165) is 12.1 Å². The van der Waals surface area contributed by atoms with Gasteiger partial charge in [0.2, 0.25) is 0 Å². The molecule has 0 saturated heterocycles. The molecule has 1 atom stereocenters. The molecule has 0 radical (unpaired) electrons. The molecule has 2 N–H and O–H groups in total. The summed E-state index contributed by atoms with van der Waals surface area (Å²) in [6.45, 7) is 1.35. The number of rotatable bonds is 1. The van der Waals surface area contributed by atoms with Crippen LogP contribution >= 0.6 is 11.6 Å². The molecule has 0 amide bonds. The molecule has 0 heterocycles. The van der Waals surface area contributed by atoms with Crippen molar-refractivity contribution in [3.05, 3.63) is 34.1 Å². The Morgan fingerprint density at radius 3 is 2.33 bits per heavy atom. The largest absolute Gasteiger partial charge is 0.407 e. The molecule has 1 nitrogen and oxygen atoms in total. The van der Waals surface area contributed by atoms with Crippen molar-refractivity contribution in [2.45, 2.75) is 19.1 Å². The molecule has 6 heteroatoms. The van der Waals surface area contributed by atoms with Crippen molar-refractivity contribution in [3.8, 4) is 0 Å². The Labute approximate surface area is 88.8 Å². The van der Waals surface area contributed by atoms with Crippen LogP contribution in [0.1, 0.15) is 17.2 Å². The summed E-state index contributed by atoms with van der Waals surface area (Å²) < 4.78 is 49.7. The van der Waals surface area contributed by atoms with Gasteiger partial charge in [0.15, 0.2) is 0 Å². The van der Waals surface area contributed by atoms with Crippen molar-refractivity contribution >= 4 is 11.6 Å². The molecule has 0 spiro atoms. The first-order chi connectivity index (χ1) is 6.73. The number of alkyl halides is 3. The summed E-state index contributed by atoms with van der Waals surface area (Å²) in [6, 6.07) is -0.350. The van der Waals surface area contributed by atoms with Gasteiger partial charge in [-0.2, -0.15) is 13.2 Å². The average Bonchev–Trinajstić information content (AvgIpc) is 2.08. The van der Waals surface area contributed by atoms with Crippen LogP contribution < -0.4 is 5.73 Å². The molecule has 0 bridgehead atoms. The number of hydrogen-bond acceptors (Lipinski definition) is 1. The van der Waals surface area contributed by atoms with Crippen LogP contribution in [0.15, 0.2) is 12.1 Å².